The van der Waals surface area contributed by atoms with Gasteiger partial charge in [-0.15, -0.1) is 6.58 Å². The Morgan fingerprint density at radius 3 is 2.56 bits per heavy atom. The van der Waals surface area contributed by atoms with Crippen LogP contribution >= 0.6 is 11.6 Å². The van der Waals surface area contributed by atoms with E-state index in [1.165, 1.54) is 5.57 Å². The third kappa shape index (κ3) is 3.49. The molecule has 1 nitrogen and oxygen atoms in total. The van der Waals surface area contributed by atoms with Gasteiger partial charge in [0.25, 0.3) is 0 Å². The third-order valence-corrected chi connectivity index (χ3v) is 2.97. The van der Waals surface area contributed by atoms with Crippen molar-refractivity contribution in [1.82, 2.24) is 0 Å². The van der Waals surface area contributed by atoms with Crippen molar-refractivity contribution in [1.29, 1.82) is 0 Å². The summed E-state index contributed by atoms with van der Waals surface area (Å²) in [5.74, 6) is 0. The first kappa shape index (κ1) is 13.0. The molecule has 0 bridgehead atoms. The minimum atomic E-state index is 0.805. The summed E-state index contributed by atoms with van der Waals surface area (Å²) >= 11 is 6.00. The molecular formula is C14H18ClN. The summed E-state index contributed by atoms with van der Waals surface area (Å²) in [5.41, 5.74) is 4.55. The number of nitrogens with zero attached hydrogens (tertiary/aromatic N) is 1. The number of aliphatic imine (C=N–C) groups is 1. The van der Waals surface area contributed by atoms with Crippen molar-refractivity contribution in [3.8, 4) is 0 Å². The standard InChI is InChI=1S/C14H18ClN/c1-10(2)5-8-14(16-4)12-6-7-13(15)11(3)9-12/h6-7,9H,1,5,8H2,2-4H3. The average Bonchev–Trinajstić information content (AvgIpc) is 2.23. The van der Waals surface area contributed by atoms with Gasteiger partial charge in [-0.1, -0.05) is 23.2 Å². The molecule has 0 amide bonds. The Labute approximate surface area is 103 Å². The van der Waals surface area contributed by atoms with Crippen molar-refractivity contribution in [3.05, 3.63) is 46.5 Å². The largest absolute Gasteiger partial charge is 0.292 e. The zero-order valence-corrected chi connectivity index (χ0v) is 10.9. The fourth-order valence-electron chi connectivity index (χ4n) is 1.54. The molecule has 0 heterocycles. The number of halogens is 1. The zero-order valence-electron chi connectivity index (χ0n) is 10.2. The molecular weight excluding hydrogens is 218 g/mol. The summed E-state index contributed by atoms with van der Waals surface area (Å²) in [6, 6.07) is 6.04. The zero-order chi connectivity index (χ0) is 12.1. The van der Waals surface area contributed by atoms with Crippen molar-refractivity contribution < 1.29 is 0 Å². The van der Waals surface area contributed by atoms with E-state index < -0.39 is 0 Å². The van der Waals surface area contributed by atoms with Crippen LogP contribution in [-0.2, 0) is 0 Å². The van der Waals surface area contributed by atoms with Crippen LogP contribution in [0.15, 0.2) is 35.3 Å². The van der Waals surface area contributed by atoms with Crippen LogP contribution in [0.4, 0.5) is 0 Å². The first-order valence-electron chi connectivity index (χ1n) is 5.41. The lowest BCUT2D eigenvalue weighted by atomic mass is 10.0. The summed E-state index contributed by atoms with van der Waals surface area (Å²) in [7, 11) is 1.83. The van der Waals surface area contributed by atoms with E-state index in [0.717, 1.165) is 34.7 Å². The summed E-state index contributed by atoms with van der Waals surface area (Å²) < 4.78 is 0. The summed E-state index contributed by atoms with van der Waals surface area (Å²) in [5, 5.41) is 0.805. The van der Waals surface area contributed by atoms with Crippen LogP contribution in [0, 0.1) is 6.92 Å². The van der Waals surface area contributed by atoms with E-state index in [2.05, 4.69) is 17.6 Å². The number of allylic oxidation sites excluding steroid dienone is 1. The van der Waals surface area contributed by atoms with Crippen LogP contribution in [0.1, 0.15) is 30.9 Å². The highest BCUT2D eigenvalue weighted by Crippen LogP contribution is 2.18. The molecule has 86 valence electrons. The SMILES string of the molecule is C=C(C)CCC(=NC)c1ccc(Cl)c(C)c1. The Balaban J connectivity index is 2.88. The minimum Gasteiger partial charge on any atom is -0.292 e. The first-order chi connectivity index (χ1) is 7.54. The van der Waals surface area contributed by atoms with E-state index in [1.54, 1.807) is 0 Å². The maximum Gasteiger partial charge on any atom is 0.0435 e. The molecule has 0 aromatic heterocycles. The van der Waals surface area contributed by atoms with Gasteiger partial charge in [-0.05, 0) is 49.9 Å². The molecule has 0 aliphatic rings. The lowest BCUT2D eigenvalue weighted by molar-refractivity contribution is 1.01. The number of hydrogen-bond donors (Lipinski definition) is 0. The highest BCUT2D eigenvalue weighted by atomic mass is 35.5. The number of aryl methyl sites for hydroxylation is 1. The van der Waals surface area contributed by atoms with Gasteiger partial charge in [0.2, 0.25) is 0 Å². The Morgan fingerprint density at radius 2 is 2.06 bits per heavy atom. The van der Waals surface area contributed by atoms with Gasteiger partial charge in [0.1, 0.15) is 0 Å². The molecule has 0 radical (unpaired) electrons. The van der Waals surface area contributed by atoms with Crippen molar-refractivity contribution in [2.45, 2.75) is 26.7 Å². The Hall–Kier alpha value is -1.08. The minimum absolute atomic E-state index is 0.805. The topological polar surface area (TPSA) is 12.4 Å². The van der Waals surface area contributed by atoms with E-state index in [9.17, 15) is 0 Å². The molecule has 1 aromatic carbocycles. The molecule has 1 aromatic rings. The fourth-order valence-corrected chi connectivity index (χ4v) is 1.66. The molecule has 0 saturated carbocycles. The second kappa shape index (κ2) is 5.86. The molecule has 0 N–H and O–H groups in total. The summed E-state index contributed by atoms with van der Waals surface area (Å²) in [4.78, 5) is 4.33. The van der Waals surface area contributed by atoms with E-state index in [4.69, 9.17) is 11.6 Å². The normalized spacial score (nSPS) is 11.6. The molecule has 0 aliphatic carbocycles. The predicted molar refractivity (Wildman–Crippen MR) is 72.7 cm³/mol. The van der Waals surface area contributed by atoms with Gasteiger partial charge in [0.05, 0.1) is 0 Å². The molecule has 16 heavy (non-hydrogen) atoms. The number of rotatable bonds is 4. The van der Waals surface area contributed by atoms with Crippen LogP contribution in [0.3, 0.4) is 0 Å². The van der Waals surface area contributed by atoms with Crippen molar-refractivity contribution in [2.75, 3.05) is 7.05 Å². The summed E-state index contributed by atoms with van der Waals surface area (Å²) in [6.07, 6.45) is 1.92. The van der Waals surface area contributed by atoms with Gasteiger partial charge in [-0.2, -0.15) is 0 Å². The van der Waals surface area contributed by atoms with Gasteiger partial charge in [0, 0.05) is 17.8 Å². The molecule has 0 saturated heterocycles. The smallest absolute Gasteiger partial charge is 0.0435 e. The Kier molecular flexibility index (Phi) is 4.75. The lowest BCUT2D eigenvalue weighted by Crippen LogP contribution is -2.01. The predicted octanol–water partition coefficient (Wildman–Crippen LogP) is 4.42. The van der Waals surface area contributed by atoms with Gasteiger partial charge in [-0.25, -0.2) is 0 Å². The third-order valence-electron chi connectivity index (χ3n) is 2.55. The first-order valence-corrected chi connectivity index (χ1v) is 5.79. The number of hydrogen-bond acceptors (Lipinski definition) is 1. The van der Waals surface area contributed by atoms with Gasteiger partial charge < -0.3 is 0 Å². The Bertz CT molecular complexity index is 419. The molecule has 0 unspecified atom stereocenters. The lowest BCUT2D eigenvalue weighted by Gasteiger charge is -2.08. The second-order valence-electron chi connectivity index (χ2n) is 4.09. The highest BCUT2D eigenvalue weighted by molar-refractivity contribution is 6.31. The van der Waals surface area contributed by atoms with Crippen LogP contribution in [-0.4, -0.2) is 12.8 Å². The van der Waals surface area contributed by atoms with Crippen LogP contribution < -0.4 is 0 Å². The van der Waals surface area contributed by atoms with Crippen molar-refractivity contribution in [2.24, 2.45) is 4.99 Å². The van der Waals surface area contributed by atoms with Gasteiger partial charge >= 0.3 is 0 Å². The van der Waals surface area contributed by atoms with Crippen LogP contribution in [0.5, 0.6) is 0 Å². The monoisotopic (exact) mass is 235 g/mol. The van der Waals surface area contributed by atoms with Crippen LogP contribution in [0.2, 0.25) is 5.02 Å². The summed E-state index contributed by atoms with van der Waals surface area (Å²) in [6.45, 7) is 7.96. The van der Waals surface area contributed by atoms with E-state index in [-0.39, 0.29) is 0 Å². The highest BCUT2D eigenvalue weighted by Gasteiger charge is 2.04. The number of benzene rings is 1. The molecule has 0 aliphatic heterocycles. The maximum absolute atomic E-state index is 6.00. The fraction of sp³-hybridized carbons (Fsp3) is 0.357. The van der Waals surface area contributed by atoms with E-state index in [0.29, 0.717) is 0 Å². The maximum atomic E-state index is 6.00. The van der Waals surface area contributed by atoms with Crippen molar-refractivity contribution >= 4 is 17.3 Å². The second-order valence-corrected chi connectivity index (χ2v) is 4.50. The average molecular weight is 236 g/mol. The van der Waals surface area contributed by atoms with Gasteiger partial charge in [0.15, 0.2) is 0 Å². The van der Waals surface area contributed by atoms with E-state index >= 15 is 0 Å². The van der Waals surface area contributed by atoms with Gasteiger partial charge in [-0.3, -0.25) is 4.99 Å². The molecule has 0 atom stereocenters. The Morgan fingerprint density at radius 1 is 1.38 bits per heavy atom. The molecule has 0 spiro atoms. The molecule has 0 fully saturated rings. The van der Waals surface area contributed by atoms with Crippen molar-refractivity contribution in [3.63, 3.8) is 0 Å². The molecule has 2 heteroatoms. The quantitative estimate of drug-likeness (QED) is 0.541. The van der Waals surface area contributed by atoms with E-state index in [1.807, 2.05) is 33.0 Å². The van der Waals surface area contributed by atoms with Crippen LogP contribution in [0.25, 0.3) is 0 Å². The molecule has 1 rings (SSSR count).